The van der Waals surface area contributed by atoms with Gasteiger partial charge in [-0.1, -0.05) is 66.2 Å². The van der Waals surface area contributed by atoms with Gasteiger partial charge in [0.25, 0.3) is 11.8 Å². The average Bonchev–Trinajstić information content (AvgIpc) is 2.91. The number of nitrogens with zero attached hydrogens (tertiary/aromatic N) is 1. The van der Waals surface area contributed by atoms with Crippen molar-refractivity contribution in [2.75, 3.05) is 13.2 Å². The van der Waals surface area contributed by atoms with Crippen molar-refractivity contribution in [1.29, 1.82) is 0 Å². The first-order valence-corrected chi connectivity index (χ1v) is 10.1. The Kier molecular flexibility index (Phi) is 4.74. The molecule has 30 heavy (non-hydrogen) atoms. The van der Waals surface area contributed by atoms with Crippen LogP contribution in [-0.2, 0) is 4.74 Å². The fourth-order valence-electron chi connectivity index (χ4n) is 4.06. The molecule has 0 radical (unpaired) electrons. The van der Waals surface area contributed by atoms with E-state index < -0.39 is 0 Å². The van der Waals surface area contributed by atoms with Gasteiger partial charge in [0.2, 0.25) is 0 Å². The predicted octanol–water partition coefficient (Wildman–Crippen LogP) is 5.23. The molecule has 5 heteroatoms. The summed E-state index contributed by atoms with van der Waals surface area (Å²) < 4.78 is 6.28. The first-order chi connectivity index (χ1) is 14.6. The van der Waals surface area contributed by atoms with Crippen LogP contribution in [0.3, 0.4) is 0 Å². The quantitative estimate of drug-likeness (QED) is 0.548. The van der Waals surface area contributed by atoms with Gasteiger partial charge in [0, 0.05) is 5.02 Å². The normalized spacial score (nSPS) is 16.8. The Balaban J connectivity index is 1.40. The van der Waals surface area contributed by atoms with E-state index in [9.17, 15) is 9.59 Å². The van der Waals surface area contributed by atoms with Gasteiger partial charge in [0.05, 0.1) is 24.3 Å². The molecule has 1 atom stereocenters. The molecular weight excluding hydrogens is 398 g/mol. The molecule has 0 saturated carbocycles. The third-order valence-electron chi connectivity index (χ3n) is 5.53. The van der Waals surface area contributed by atoms with Crippen LogP contribution in [0.1, 0.15) is 49.1 Å². The van der Waals surface area contributed by atoms with Crippen molar-refractivity contribution in [1.82, 2.24) is 4.90 Å². The van der Waals surface area contributed by atoms with Gasteiger partial charge in [-0.25, -0.2) is 0 Å². The first kappa shape index (κ1) is 18.8. The minimum Gasteiger partial charge on any atom is -0.367 e. The Morgan fingerprint density at radius 1 is 0.800 bits per heavy atom. The van der Waals surface area contributed by atoms with Crippen LogP contribution in [0, 0.1) is 0 Å². The van der Waals surface area contributed by atoms with Gasteiger partial charge in [0.1, 0.15) is 6.10 Å². The van der Waals surface area contributed by atoms with Gasteiger partial charge < -0.3 is 4.74 Å². The molecule has 2 amide bonds. The Labute approximate surface area is 179 Å². The zero-order valence-electron chi connectivity index (χ0n) is 16.0. The third-order valence-corrected chi connectivity index (χ3v) is 5.76. The summed E-state index contributed by atoms with van der Waals surface area (Å²) in [5.41, 5.74) is 4.98. The van der Waals surface area contributed by atoms with Crippen LogP contribution >= 0.6 is 11.6 Å². The van der Waals surface area contributed by atoms with E-state index in [4.69, 9.17) is 16.3 Å². The number of imide groups is 1. The van der Waals surface area contributed by atoms with E-state index >= 15 is 0 Å². The number of halogens is 1. The molecule has 1 unspecified atom stereocenters. The Morgan fingerprint density at radius 2 is 1.43 bits per heavy atom. The van der Waals surface area contributed by atoms with Gasteiger partial charge in [0.15, 0.2) is 0 Å². The lowest BCUT2D eigenvalue weighted by Crippen LogP contribution is -2.33. The van der Waals surface area contributed by atoms with Crippen LogP contribution in [-0.4, -0.2) is 29.9 Å². The fourth-order valence-corrected chi connectivity index (χ4v) is 4.24. The molecule has 1 heterocycles. The predicted molar refractivity (Wildman–Crippen MR) is 116 cm³/mol. The monoisotopic (exact) mass is 415 g/mol. The van der Waals surface area contributed by atoms with Gasteiger partial charge >= 0.3 is 0 Å². The summed E-state index contributed by atoms with van der Waals surface area (Å²) in [6.45, 7) is 0.408. The van der Waals surface area contributed by atoms with Crippen LogP contribution in [0.25, 0.3) is 12.2 Å². The highest BCUT2D eigenvalue weighted by Crippen LogP contribution is 2.36. The second-order valence-electron chi connectivity index (χ2n) is 7.29. The molecule has 0 aromatic heterocycles. The number of carbonyl (C=O) groups is 2. The largest absolute Gasteiger partial charge is 0.367 e. The van der Waals surface area contributed by atoms with E-state index in [2.05, 4.69) is 12.2 Å². The molecule has 0 bridgehead atoms. The third kappa shape index (κ3) is 3.15. The summed E-state index contributed by atoms with van der Waals surface area (Å²) in [6.07, 6.45) is 3.77. The number of hydrogen-bond acceptors (Lipinski definition) is 3. The molecule has 148 valence electrons. The summed E-state index contributed by atoms with van der Waals surface area (Å²) >= 11 is 6.27. The maximum Gasteiger partial charge on any atom is 0.261 e. The lowest BCUT2D eigenvalue weighted by atomic mass is 9.96. The van der Waals surface area contributed by atoms with Gasteiger partial charge in [-0.3, -0.25) is 14.5 Å². The van der Waals surface area contributed by atoms with E-state index in [1.807, 2.05) is 42.5 Å². The number of fused-ring (bicyclic) bond motifs is 3. The van der Waals surface area contributed by atoms with Crippen LogP contribution in [0.5, 0.6) is 0 Å². The number of rotatable bonds is 4. The smallest absolute Gasteiger partial charge is 0.261 e. The Bertz CT molecular complexity index is 1170. The summed E-state index contributed by atoms with van der Waals surface area (Å²) in [7, 11) is 0. The summed E-state index contributed by atoms with van der Waals surface area (Å²) in [5, 5.41) is 0.635. The number of carbonyl (C=O) groups excluding carboxylic acids is 2. The van der Waals surface area contributed by atoms with Crippen LogP contribution in [0.2, 0.25) is 5.02 Å². The van der Waals surface area contributed by atoms with Crippen LogP contribution in [0.4, 0.5) is 0 Å². The molecule has 1 aliphatic carbocycles. The van der Waals surface area contributed by atoms with Crippen molar-refractivity contribution >= 4 is 35.6 Å². The zero-order valence-corrected chi connectivity index (χ0v) is 16.8. The number of benzene rings is 3. The molecule has 1 aliphatic heterocycles. The van der Waals surface area contributed by atoms with Gasteiger partial charge in [-0.05, 0) is 46.5 Å². The van der Waals surface area contributed by atoms with E-state index in [1.54, 1.807) is 24.3 Å². The first-order valence-electron chi connectivity index (χ1n) is 9.77. The molecule has 0 N–H and O–H groups in total. The van der Waals surface area contributed by atoms with Crippen molar-refractivity contribution in [3.8, 4) is 0 Å². The van der Waals surface area contributed by atoms with E-state index in [0.717, 1.165) is 22.3 Å². The van der Waals surface area contributed by atoms with Crippen molar-refractivity contribution in [2.24, 2.45) is 0 Å². The molecule has 0 spiro atoms. The number of ether oxygens (including phenoxy) is 1. The fraction of sp³-hybridized carbons (Fsp3) is 0.120. The maximum atomic E-state index is 12.6. The minimum atomic E-state index is -0.347. The second-order valence-corrected chi connectivity index (χ2v) is 7.73. The molecular formula is C25H18ClNO3. The number of hydrogen-bond donors (Lipinski definition) is 0. The summed E-state index contributed by atoms with van der Waals surface area (Å²) in [6, 6.07) is 20.7. The molecule has 0 saturated heterocycles. The van der Waals surface area contributed by atoms with Crippen molar-refractivity contribution in [3.05, 3.63) is 105 Å². The summed E-state index contributed by atoms with van der Waals surface area (Å²) in [5.74, 6) is -0.545. The highest BCUT2D eigenvalue weighted by atomic mass is 35.5. The summed E-state index contributed by atoms with van der Waals surface area (Å²) in [4.78, 5) is 26.5. The topological polar surface area (TPSA) is 46.6 Å². The average molecular weight is 416 g/mol. The molecule has 0 fully saturated rings. The minimum absolute atomic E-state index is 0.189. The van der Waals surface area contributed by atoms with E-state index in [0.29, 0.717) is 16.1 Å². The van der Waals surface area contributed by atoms with Crippen molar-refractivity contribution in [2.45, 2.75) is 6.10 Å². The maximum absolute atomic E-state index is 12.6. The van der Waals surface area contributed by atoms with Crippen LogP contribution < -0.4 is 0 Å². The molecule has 4 nitrogen and oxygen atoms in total. The Hall–Kier alpha value is -3.21. The Morgan fingerprint density at radius 3 is 2.17 bits per heavy atom. The van der Waals surface area contributed by atoms with E-state index in [-0.39, 0.29) is 31.1 Å². The highest BCUT2D eigenvalue weighted by Gasteiger charge is 2.35. The molecule has 5 rings (SSSR count). The SMILES string of the molecule is O=C1c2ccccc2C(=O)N1CCOC1c2ccccc2C=Cc2ccc(Cl)cc21. The second kappa shape index (κ2) is 7.56. The van der Waals surface area contributed by atoms with Crippen LogP contribution in [0.15, 0.2) is 66.7 Å². The van der Waals surface area contributed by atoms with Gasteiger partial charge in [-0.2, -0.15) is 0 Å². The van der Waals surface area contributed by atoms with Crippen molar-refractivity contribution in [3.63, 3.8) is 0 Å². The van der Waals surface area contributed by atoms with Crippen molar-refractivity contribution < 1.29 is 14.3 Å². The number of amides is 2. The van der Waals surface area contributed by atoms with E-state index in [1.165, 1.54) is 4.90 Å². The van der Waals surface area contributed by atoms with Gasteiger partial charge in [-0.15, -0.1) is 0 Å². The lowest BCUT2D eigenvalue weighted by molar-refractivity contribution is 0.0452. The zero-order chi connectivity index (χ0) is 20.7. The standard InChI is InChI=1S/C25H18ClNO3/c26-18-12-11-17-10-9-16-5-1-2-6-19(16)23(22(17)15-18)30-14-13-27-24(28)20-7-3-4-8-21(20)25(27)29/h1-12,15,23H,13-14H2. The molecule has 3 aromatic carbocycles. The molecule has 2 aliphatic rings. The molecule has 3 aromatic rings. The lowest BCUT2D eigenvalue weighted by Gasteiger charge is -2.23. The highest BCUT2D eigenvalue weighted by molar-refractivity contribution is 6.30.